The quantitative estimate of drug-likeness (QED) is 0.863. The van der Waals surface area contributed by atoms with Crippen molar-refractivity contribution >= 4 is 17.4 Å². The maximum atomic E-state index is 12.1. The first-order valence-corrected chi connectivity index (χ1v) is 7.41. The molecule has 5 nitrogen and oxygen atoms in total. The summed E-state index contributed by atoms with van der Waals surface area (Å²) in [5.41, 5.74) is 6.60. The van der Waals surface area contributed by atoms with E-state index in [0.29, 0.717) is 0 Å². The van der Waals surface area contributed by atoms with E-state index in [0.717, 1.165) is 43.9 Å². The van der Waals surface area contributed by atoms with Crippen molar-refractivity contribution in [2.45, 2.75) is 39.2 Å². The maximum Gasteiger partial charge on any atom is 0.227 e. The zero-order valence-electron chi connectivity index (χ0n) is 12.3. The predicted molar refractivity (Wildman–Crippen MR) is 81.7 cm³/mol. The normalized spacial score (nSPS) is 21.8. The van der Waals surface area contributed by atoms with E-state index in [-0.39, 0.29) is 17.9 Å². The molecule has 2 unspecified atom stereocenters. The van der Waals surface area contributed by atoms with E-state index < -0.39 is 0 Å². The molecular weight excluding hydrogens is 252 g/mol. The number of carbonyl (C=O) groups excluding carboxylic acids is 1. The Morgan fingerprint density at radius 2 is 2.15 bits per heavy atom. The Hall–Kier alpha value is -1.62. The fourth-order valence-corrected chi connectivity index (χ4v) is 2.69. The highest BCUT2D eigenvalue weighted by Gasteiger charge is 2.27. The lowest BCUT2D eigenvalue weighted by Crippen LogP contribution is -2.24. The summed E-state index contributed by atoms with van der Waals surface area (Å²) in [6, 6.07) is 4.03. The van der Waals surface area contributed by atoms with Gasteiger partial charge in [-0.1, -0.05) is 0 Å². The topological polar surface area (TPSA) is 71.2 Å². The van der Waals surface area contributed by atoms with Gasteiger partial charge in [0.2, 0.25) is 5.91 Å². The van der Waals surface area contributed by atoms with E-state index in [9.17, 15) is 4.79 Å². The Kier molecular flexibility index (Phi) is 4.95. The summed E-state index contributed by atoms with van der Waals surface area (Å²) in [7, 11) is 0. The summed E-state index contributed by atoms with van der Waals surface area (Å²) >= 11 is 0. The largest absolute Gasteiger partial charge is 0.357 e. The minimum absolute atomic E-state index is 0.0486. The highest BCUT2D eigenvalue weighted by molar-refractivity contribution is 5.92. The second kappa shape index (κ2) is 6.70. The van der Waals surface area contributed by atoms with Crippen molar-refractivity contribution in [2.24, 2.45) is 11.7 Å². The van der Waals surface area contributed by atoms with Crippen molar-refractivity contribution < 1.29 is 4.79 Å². The molecule has 1 saturated carbocycles. The van der Waals surface area contributed by atoms with Gasteiger partial charge in [0, 0.05) is 25.0 Å². The van der Waals surface area contributed by atoms with Crippen molar-refractivity contribution in [3.63, 3.8) is 0 Å². The SMILES string of the molecule is CCN(CC)c1ccc(NC(=O)C2CCC(N)C2)cn1. The van der Waals surface area contributed by atoms with Gasteiger partial charge >= 0.3 is 0 Å². The summed E-state index contributed by atoms with van der Waals surface area (Å²) in [5, 5.41) is 2.93. The molecule has 3 N–H and O–H groups in total. The number of anilines is 2. The van der Waals surface area contributed by atoms with E-state index in [1.165, 1.54) is 0 Å². The van der Waals surface area contributed by atoms with Crippen LogP contribution in [0.2, 0.25) is 0 Å². The van der Waals surface area contributed by atoms with Gasteiger partial charge in [-0.25, -0.2) is 4.98 Å². The molecule has 2 atom stereocenters. The lowest BCUT2D eigenvalue weighted by molar-refractivity contribution is -0.119. The summed E-state index contributed by atoms with van der Waals surface area (Å²) in [6.45, 7) is 6.05. The molecule has 5 heteroatoms. The lowest BCUT2D eigenvalue weighted by Gasteiger charge is -2.19. The number of hydrogen-bond acceptors (Lipinski definition) is 4. The molecule has 0 bridgehead atoms. The Labute approximate surface area is 120 Å². The number of nitrogens with zero attached hydrogens (tertiary/aromatic N) is 2. The average Bonchev–Trinajstić information content (AvgIpc) is 2.89. The van der Waals surface area contributed by atoms with Crippen molar-refractivity contribution in [1.82, 2.24) is 4.98 Å². The van der Waals surface area contributed by atoms with E-state index >= 15 is 0 Å². The van der Waals surface area contributed by atoms with E-state index in [1.54, 1.807) is 6.20 Å². The number of carbonyl (C=O) groups is 1. The first-order chi connectivity index (χ1) is 9.63. The van der Waals surface area contributed by atoms with Gasteiger partial charge in [-0.15, -0.1) is 0 Å². The van der Waals surface area contributed by atoms with E-state index in [2.05, 4.69) is 29.0 Å². The molecule has 1 fully saturated rings. The first-order valence-electron chi connectivity index (χ1n) is 7.41. The van der Waals surface area contributed by atoms with Crippen molar-refractivity contribution in [2.75, 3.05) is 23.3 Å². The van der Waals surface area contributed by atoms with Crippen LogP contribution in [-0.4, -0.2) is 30.0 Å². The number of rotatable bonds is 5. The van der Waals surface area contributed by atoms with Gasteiger partial charge in [0.25, 0.3) is 0 Å². The summed E-state index contributed by atoms with van der Waals surface area (Å²) < 4.78 is 0. The van der Waals surface area contributed by atoms with Crippen LogP contribution in [0.5, 0.6) is 0 Å². The third kappa shape index (κ3) is 3.48. The van der Waals surface area contributed by atoms with Crippen LogP contribution < -0.4 is 16.0 Å². The molecule has 1 aliphatic rings. The van der Waals surface area contributed by atoms with Crippen LogP contribution in [0.25, 0.3) is 0 Å². The summed E-state index contributed by atoms with van der Waals surface area (Å²) in [5.74, 6) is 1.05. The van der Waals surface area contributed by atoms with Crippen LogP contribution in [0.3, 0.4) is 0 Å². The number of amides is 1. The number of hydrogen-bond donors (Lipinski definition) is 2. The van der Waals surface area contributed by atoms with Gasteiger partial charge in [0.1, 0.15) is 5.82 Å². The molecule has 20 heavy (non-hydrogen) atoms. The first kappa shape index (κ1) is 14.8. The number of nitrogens with one attached hydrogen (secondary N) is 1. The van der Waals surface area contributed by atoms with Crippen LogP contribution in [-0.2, 0) is 4.79 Å². The molecule has 2 rings (SSSR count). The Morgan fingerprint density at radius 3 is 2.65 bits per heavy atom. The van der Waals surface area contributed by atoms with Gasteiger partial charge < -0.3 is 16.0 Å². The van der Waals surface area contributed by atoms with Gasteiger partial charge in [-0.3, -0.25) is 4.79 Å². The van der Waals surface area contributed by atoms with E-state index in [1.807, 2.05) is 12.1 Å². The maximum absolute atomic E-state index is 12.1. The molecule has 110 valence electrons. The molecule has 1 aliphatic carbocycles. The van der Waals surface area contributed by atoms with Crippen LogP contribution >= 0.6 is 0 Å². The Balaban J connectivity index is 1.95. The number of aromatic nitrogens is 1. The number of nitrogens with two attached hydrogens (primary N) is 1. The lowest BCUT2D eigenvalue weighted by atomic mass is 10.1. The fourth-order valence-electron chi connectivity index (χ4n) is 2.69. The zero-order valence-corrected chi connectivity index (χ0v) is 12.3. The van der Waals surface area contributed by atoms with Crippen molar-refractivity contribution in [3.05, 3.63) is 18.3 Å². The molecule has 1 heterocycles. The van der Waals surface area contributed by atoms with Crippen LogP contribution in [0.15, 0.2) is 18.3 Å². The van der Waals surface area contributed by atoms with E-state index in [4.69, 9.17) is 5.73 Å². The van der Waals surface area contributed by atoms with Gasteiger partial charge in [0.15, 0.2) is 0 Å². The Morgan fingerprint density at radius 1 is 1.40 bits per heavy atom. The molecule has 0 aromatic carbocycles. The minimum Gasteiger partial charge on any atom is -0.357 e. The van der Waals surface area contributed by atoms with Crippen molar-refractivity contribution in [1.29, 1.82) is 0 Å². The molecule has 1 aromatic rings. The predicted octanol–water partition coefficient (Wildman–Crippen LogP) is 1.99. The van der Waals surface area contributed by atoms with Crippen LogP contribution in [0.1, 0.15) is 33.1 Å². The second-order valence-corrected chi connectivity index (χ2v) is 5.34. The monoisotopic (exact) mass is 276 g/mol. The van der Waals surface area contributed by atoms with Crippen LogP contribution in [0, 0.1) is 5.92 Å². The highest BCUT2D eigenvalue weighted by atomic mass is 16.1. The fraction of sp³-hybridized carbons (Fsp3) is 0.600. The van der Waals surface area contributed by atoms with Gasteiger partial charge in [-0.05, 0) is 45.2 Å². The summed E-state index contributed by atoms with van der Waals surface area (Å²) in [6.07, 6.45) is 4.34. The molecule has 1 amide bonds. The minimum atomic E-state index is 0.0486. The summed E-state index contributed by atoms with van der Waals surface area (Å²) in [4.78, 5) is 18.7. The number of pyridine rings is 1. The molecule has 0 aliphatic heterocycles. The molecule has 0 spiro atoms. The van der Waals surface area contributed by atoms with Crippen molar-refractivity contribution in [3.8, 4) is 0 Å². The standard InChI is InChI=1S/C15H24N4O/c1-3-19(4-2)14-8-7-13(10-17-14)18-15(20)11-5-6-12(16)9-11/h7-8,10-12H,3-6,9,16H2,1-2H3,(H,18,20). The van der Waals surface area contributed by atoms with Gasteiger partial charge in [-0.2, -0.15) is 0 Å². The smallest absolute Gasteiger partial charge is 0.227 e. The molecule has 0 saturated heterocycles. The third-order valence-electron chi connectivity index (χ3n) is 3.95. The Bertz CT molecular complexity index is 442. The van der Waals surface area contributed by atoms with Gasteiger partial charge in [0.05, 0.1) is 11.9 Å². The molecular formula is C15H24N4O. The highest BCUT2D eigenvalue weighted by Crippen LogP contribution is 2.25. The third-order valence-corrected chi connectivity index (χ3v) is 3.95. The molecule has 1 aromatic heterocycles. The zero-order chi connectivity index (χ0) is 14.5. The van der Waals surface area contributed by atoms with Crippen LogP contribution in [0.4, 0.5) is 11.5 Å². The molecule has 0 radical (unpaired) electrons. The average molecular weight is 276 g/mol. The second-order valence-electron chi connectivity index (χ2n) is 5.34.